The number of rotatable bonds is 19. The summed E-state index contributed by atoms with van der Waals surface area (Å²) in [4.78, 5) is 78.8. The highest BCUT2D eigenvalue weighted by molar-refractivity contribution is 5.97. The summed E-state index contributed by atoms with van der Waals surface area (Å²) in [7, 11) is 0. The first kappa shape index (κ1) is 36.3. The molecule has 6 amide bonds. The number of guanidine groups is 1. The Morgan fingerprint density at radius 3 is 1.91 bits per heavy atom. The summed E-state index contributed by atoms with van der Waals surface area (Å²) in [6.07, 6.45) is 0.251. The minimum atomic E-state index is -1.42. The predicted octanol–water partition coefficient (Wildman–Crippen LogP) is -3.41. The van der Waals surface area contributed by atoms with E-state index in [1.54, 1.807) is 30.3 Å². The number of benzene rings is 1. The number of nitrogens with zero attached hydrogens (tertiary/aromatic N) is 1. The van der Waals surface area contributed by atoms with E-state index in [-0.39, 0.29) is 37.7 Å². The Balaban J connectivity index is 3.06. The van der Waals surface area contributed by atoms with E-state index in [1.807, 2.05) is 13.8 Å². The second-order valence-electron chi connectivity index (χ2n) is 10.4. The third-order valence-corrected chi connectivity index (χ3v) is 6.04. The van der Waals surface area contributed by atoms with Gasteiger partial charge in [0.05, 0.1) is 19.0 Å². The first-order valence-electron chi connectivity index (χ1n) is 13.8. The zero-order valence-corrected chi connectivity index (χ0v) is 24.5. The average molecular weight is 605 g/mol. The number of carbonyl (C=O) groups excluding carboxylic acids is 6. The van der Waals surface area contributed by atoms with Gasteiger partial charge in [-0.1, -0.05) is 44.2 Å². The fourth-order valence-electron chi connectivity index (χ4n) is 3.94. The molecule has 0 saturated heterocycles. The van der Waals surface area contributed by atoms with E-state index >= 15 is 0 Å². The van der Waals surface area contributed by atoms with Crippen LogP contribution in [0.3, 0.4) is 0 Å². The second kappa shape index (κ2) is 18.7. The Hall–Kier alpha value is -4.73. The van der Waals surface area contributed by atoms with Gasteiger partial charge >= 0.3 is 0 Å². The number of aliphatic imine (C=N–C) groups is 1. The molecule has 0 heterocycles. The van der Waals surface area contributed by atoms with Crippen molar-refractivity contribution < 1.29 is 28.8 Å². The van der Waals surface area contributed by atoms with Crippen LogP contribution in [0.2, 0.25) is 0 Å². The Labute approximate surface area is 250 Å². The molecule has 16 nitrogen and oxygen atoms in total. The number of hydrogen-bond acceptors (Lipinski definition) is 8. The average Bonchev–Trinajstić information content (AvgIpc) is 2.92. The monoisotopic (exact) mass is 604 g/mol. The van der Waals surface area contributed by atoms with E-state index in [0.29, 0.717) is 6.42 Å². The molecule has 0 bridgehead atoms. The SMILES string of the molecule is CC(C)C[C@H](NC(=O)[C@H](CC(N)=O)NC(=O)[C@@H](N)CCCN=C(N)N)C(=O)N[C@@H](Cc1ccccc1)C(=O)NCC(N)=O. The third kappa shape index (κ3) is 15.2. The van der Waals surface area contributed by atoms with Crippen LogP contribution in [0.1, 0.15) is 45.1 Å². The van der Waals surface area contributed by atoms with Crippen LogP contribution >= 0.6 is 0 Å². The van der Waals surface area contributed by atoms with Crippen molar-refractivity contribution in [2.45, 2.75) is 70.1 Å². The molecule has 238 valence electrons. The van der Waals surface area contributed by atoms with Crippen molar-refractivity contribution in [1.29, 1.82) is 0 Å². The molecule has 16 heteroatoms. The lowest BCUT2D eigenvalue weighted by Gasteiger charge is -2.26. The van der Waals surface area contributed by atoms with Gasteiger partial charge in [0.1, 0.15) is 18.1 Å². The van der Waals surface area contributed by atoms with Gasteiger partial charge in [-0.3, -0.25) is 33.8 Å². The molecule has 0 aromatic heterocycles. The molecule has 4 atom stereocenters. The van der Waals surface area contributed by atoms with E-state index in [1.165, 1.54) is 0 Å². The number of amides is 6. The quantitative estimate of drug-likeness (QED) is 0.0431. The normalized spacial score (nSPS) is 13.5. The van der Waals surface area contributed by atoms with Gasteiger partial charge in [-0.25, -0.2) is 0 Å². The summed E-state index contributed by atoms with van der Waals surface area (Å²) >= 11 is 0. The molecule has 1 aromatic carbocycles. The van der Waals surface area contributed by atoms with Crippen molar-refractivity contribution in [1.82, 2.24) is 21.3 Å². The maximum absolute atomic E-state index is 13.4. The summed E-state index contributed by atoms with van der Waals surface area (Å²) in [5.74, 6) is -4.75. The Bertz CT molecular complexity index is 1140. The van der Waals surface area contributed by atoms with Gasteiger partial charge in [-0.2, -0.15) is 0 Å². The Morgan fingerprint density at radius 1 is 0.767 bits per heavy atom. The van der Waals surface area contributed by atoms with Gasteiger partial charge in [-0.15, -0.1) is 0 Å². The van der Waals surface area contributed by atoms with Gasteiger partial charge in [0, 0.05) is 13.0 Å². The standard InChI is InChI=1S/C27H44N10O6/c1-15(2)11-18(25(42)37-19(24(41)34-14-22(30)39)12-16-7-4-3-5-8-16)36-26(43)20(13-21(29)38)35-23(40)17(28)9-6-10-33-27(31)32/h3-5,7-8,15,17-20H,6,9-14,28H2,1-2H3,(H2,29,38)(H2,30,39)(H,34,41)(H,35,40)(H,36,43)(H,37,42)(H4,31,32,33)/t17-,18-,19-,20-/m0/s1. The van der Waals surface area contributed by atoms with Crippen LogP contribution in [0, 0.1) is 5.92 Å². The number of hydrogen-bond donors (Lipinski definition) is 9. The van der Waals surface area contributed by atoms with Crippen LogP contribution in [-0.2, 0) is 35.2 Å². The van der Waals surface area contributed by atoms with E-state index in [2.05, 4.69) is 26.3 Å². The number of primary amides is 2. The zero-order valence-electron chi connectivity index (χ0n) is 24.5. The molecule has 0 unspecified atom stereocenters. The molecule has 14 N–H and O–H groups in total. The van der Waals surface area contributed by atoms with Crippen LogP contribution < -0.4 is 49.9 Å². The lowest BCUT2D eigenvalue weighted by atomic mass is 10.0. The molecular weight excluding hydrogens is 560 g/mol. The van der Waals surface area contributed by atoms with Crippen molar-refractivity contribution in [2.75, 3.05) is 13.1 Å². The summed E-state index contributed by atoms with van der Waals surface area (Å²) in [6.45, 7) is 3.44. The fourth-order valence-corrected chi connectivity index (χ4v) is 3.94. The molecule has 1 rings (SSSR count). The second-order valence-corrected chi connectivity index (χ2v) is 10.4. The first-order valence-corrected chi connectivity index (χ1v) is 13.8. The molecule has 0 radical (unpaired) electrons. The van der Waals surface area contributed by atoms with E-state index in [9.17, 15) is 28.8 Å². The van der Waals surface area contributed by atoms with Crippen molar-refractivity contribution in [3.05, 3.63) is 35.9 Å². The first-order chi connectivity index (χ1) is 20.2. The lowest BCUT2D eigenvalue weighted by molar-refractivity contribution is -0.135. The van der Waals surface area contributed by atoms with E-state index in [0.717, 1.165) is 5.56 Å². The van der Waals surface area contributed by atoms with Gasteiger partial charge in [0.2, 0.25) is 35.4 Å². The molecule has 0 spiro atoms. The molecule has 0 saturated carbocycles. The molecule has 0 aliphatic heterocycles. The highest BCUT2D eigenvalue weighted by Gasteiger charge is 2.31. The molecule has 43 heavy (non-hydrogen) atoms. The smallest absolute Gasteiger partial charge is 0.243 e. The van der Waals surface area contributed by atoms with E-state index < -0.39 is 72.6 Å². The highest BCUT2D eigenvalue weighted by Crippen LogP contribution is 2.09. The Morgan fingerprint density at radius 2 is 1.35 bits per heavy atom. The lowest BCUT2D eigenvalue weighted by Crippen LogP contribution is -2.59. The molecule has 0 aliphatic carbocycles. The number of carbonyl (C=O) groups is 6. The van der Waals surface area contributed by atoms with Gasteiger partial charge in [0.25, 0.3) is 0 Å². The van der Waals surface area contributed by atoms with Crippen molar-refractivity contribution >= 4 is 41.4 Å². The van der Waals surface area contributed by atoms with Gasteiger partial charge in [-0.05, 0) is 30.7 Å². The minimum Gasteiger partial charge on any atom is -0.370 e. The maximum Gasteiger partial charge on any atom is 0.243 e. The van der Waals surface area contributed by atoms with Crippen LogP contribution in [0.5, 0.6) is 0 Å². The van der Waals surface area contributed by atoms with E-state index in [4.69, 9.17) is 28.7 Å². The molecule has 1 aromatic rings. The zero-order chi connectivity index (χ0) is 32.5. The van der Waals surface area contributed by atoms with Crippen LogP contribution in [0.25, 0.3) is 0 Å². The predicted molar refractivity (Wildman–Crippen MR) is 159 cm³/mol. The summed E-state index contributed by atoms with van der Waals surface area (Å²) in [6, 6.07) is 4.11. The van der Waals surface area contributed by atoms with Crippen molar-refractivity contribution in [3.8, 4) is 0 Å². The largest absolute Gasteiger partial charge is 0.370 e. The van der Waals surface area contributed by atoms with Gasteiger partial charge < -0.3 is 49.9 Å². The van der Waals surface area contributed by atoms with Crippen LogP contribution in [0.15, 0.2) is 35.3 Å². The topological polar surface area (TPSA) is 293 Å². The molecule has 0 aliphatic rings. The third-order valence-electron chi connectivity index (χ3n) is 6.04. The van der Waals surface area contributed by atoms with Crippen LogP contribution in [0.4, 0.5) is 0 Å². The van der Waals surface area contributed by atoms with Crippen molar-refractivity contribution in [2.24, 2.45) is 39.6 Å². The Kier molecular flexibility index (Phi) is 15.7. The molecular formula is C27H44N10O6. The fraction of sp³-hybridized carbons (Fsp3) is 0.519. The summed E-state index contributed by atoms with van der Waals surface area (Å²) in [5, 5.41) is 9.98. The number of nitrogens with one attached hydrogen (secondary N) is 4. The van der Waals surface area contributed by atoms with Gasteiger partial charge in [0.15, 0.2) is 5.96 Å². The van der Waals surface area contributed by atoms with Crippen LogP contribution in [-0.4, -0.2) is 78.7 Å². The summed E-state index contributed by atoms with van der Waals surface area (Å²) < 4.78 is 0. The minimum absolute atomic E-state index is 0.0843. The van der Waals surface area contributed by atoms with Crippen molar-refractivity contribution in [3.63, 3.8) is 0 Å². The highest BCUT2D eigenvalue weighted by atomic mass is 16.2. The number of nitrogens with two attached hydrogens (primary N) is 5. The maximum atomic E-state index is 13.4. The molecule has 0 fully saturated rings. The summed E-state index contributed by atoms with van der Waals surface area (Å²) in [5.41, 5.74) is 27.6.